The second-order valence-electron chi connectivity index (χ2n) is 5.14. The van der Waals surface area contributed by atoms with Crippen molar-refractivity contribution in [3.05, 3.63) is 0 Å². The van der Waals surface area contributed by atoms with Crippen LogP contribution in [0.3, 0.4) is 0 Å². The lowest BCUT2D eigenvalue weighted by atomic mass is 9.79. The number of amides is 1. The van der Waals surface area contributed by atoms with Gasteiger partial charge in [0.1, 0.15) is 0 Å². The zero-order valence-corrected chi connectivity index (χ0v) is 10.3. The lowest BCUT2D eigenvalue weighted by Crippen LogP contribution is -2.49. The van der Waals surface area contributed by atoms with Crippen molar-refractivity contribution in [2.45, 2.75) is 57.6 Å². The van der Waals surface area contributed by atoms with Gasteiger partial charge in [0.05, 0.1) is 11.6 Å². The van der Waals surface area contributed by atoms with Crippen molar-refractivity contribution in [2.24, 2.45) is 11.7 Å². The van der Waals surface area contributed by atoms with Gasteiger partial charge in [-0.3, -0.25) is 4.79 Å². The number of aliphatic hydroxyl groups is 1. The number of rotatable bonds is 4. The van der Waals surface area contributed by atoms with Crippen molar-refractivity contribution < 1.29 is 9.90 Å². The van der Waals surface area contributed by atoms with Gasteiger partial charge in [0.25, 0.3) is 0 Å². The molecule has 1 fully saturated rings. The predicted molar refractivity (Wildman–Crippen MR) is 63.9 cm³/mol. The van der Waals surface area contributed by atoms with Crippen molar-refractivity contribution in [1.82, 2.24) is 5.32 Å². The lowest BCUT2D eigenvalue weighted by molar-refractivity contribution is -0.124. The average Bonchev–Trinajstić information content (AvgIpc) is 2.29. The van der Waals surface area contributed by atoms with Crippen molar-refractivity contribution in [1.29, 1.82) is 0 Å². The fourth-order valence-corrected chi connectivity index (χ4v) is 2.04. The lowest BCUT2D eigenvalue weighted by Gasteiger charge is -2.35. The molecule has 16 heavy (non-hydrogen) atoms. The molecule has 0 bridgehead atoms. The van der Waals surface area contributed by atoms with Crippen molar-refractivity contribution in [3.63, 3.8) is 0 Å². The molecule has 0 heterocycles. The number of carbonyl (C=O) groups excluding carboxylic acids is 1. The number of nitrogens with two attached hydrogens (primary N) is 1. The summed E-state index contributed by atoms with van der Waals surface area (Å²) >= 11 is 0. The summed E-state index contributed by atoms with van der Waals surface area (Å²) in [5.74, 6) is 0.531. The van der Waals surface area contributed by atoms with Gasteiger partial charge in [-0.25, -0.2) is 0 Å². The summed E-state index contributed by atoms with van der Waals surface area (Å²) in [6, 6.07) is -0.453. The second kappa shape index (κ2) is 5.64. The predicted octanol–water partition coefficient (Wildman–Crippen LogP) is 0.781. The third-order valence-corrected chi connectivity index (χ3v) is 3.57. The fraction of sp³-hybridized carbons (Fsp3) is 0.917. The Morgan fingerprint density at radius 1 is 1.56 bits per heavy atom. The molecule has 0 radical (unpaired) electrons. The Labute approximate surface area is 97.6 Å². The molecule has 1 aliphatic carbocycles. The third-order valence-electron chi connectivity index (χ3n) is 3.57. The summed E-state index contributed by atoms with van der Waals surface area (Å²) in [4.78, 5) is 11.5. The van der Waals surface area contributed by atoms with E-state index in [0.717, 1.165) is 25.7 Å². The second-order valence-corrected chi connectivity index (χ2v) is 5.14. The largest absolute Gasteiger partial charge is 0.388 e. The van der Waals surface area contributed by atoms with E-state index >= 15 is 0 Å². The zero-order chi connectivity index (χ0) is 12.2. The Morgan fingerprint density at radius 2 is 2.12 bits per heavy atom. The quantitative estimate of drug-likeness (QED) is 0.665. The molecule has 1 atom stereocenters. The van der Waals surface area contributed by atoms with Gasteiger partial charge in [0, 0.05) is 6.54 Å². The molecule has 0 spiro atoms. The number of nitrogens with one attached hydrogen (secondary N) is 1. The van der Waals surface area contributed by atoms with Crippen molar-refractivity contribution in [3.8, 4) is 0 Å². The molecule has 0 aromatic rings. The van der Waals surface area contributed by atoms with Gasteiger partial charge < -0.3 is 16.2 Å². The highest BCUT2D eigenvalue weighted by molar-refractivity contribution is 5.81. The average molecular weight is 228 g/mol. The summed E-state index contributed by atoms with van der Waals surface area (Å²) in [5, 5.41) is 13.0. The normalized spacial score (nSPS) is 32.1. The molecule has 4 N–H and O–H groups in total. The van der Waals surface area contributed by atoms with E-state index in [1.165, 1.54) is 0 Å². The van der Waals surface area contributed by atoms with E-state index in [1.54, 1.807) is 0 Å². The van der Waals surface area contributed by atoms with Gasteiger partial charge in [0.15, 0.2) is 0 Å². The van der Waals surface area contributed by atoms with Gasteiger partial charge in [-0.1, -0.05) is 13.8 Å². The first-order valence-corrected chi connectivity index (χ1v) is 6.22. The summed E-state index contributed by atoms with van der Waals surface area (Å²) in [5.41, 5.74) is 4.89. The highest BCUT2D eigenvalue weighted by Crippen LogP contribution is 2.31. The maximum Gasteiger partial charge on any atom is 0.237 e. The van der Waals surface area contributed by atoms with E-state index in [9.17, 15) is 9.90 Å². The number of carbonyl (C=O) groups is 1. The Balaban J connectivity index is 2.34. The van der Waals surface area contributed by atoms with E-state index in [2.05, 4.69) is 12.2 Å². The van der Waals surface area contributed by atoms with Gasteiger partial charge in [0.2, 0.25) is 5.91 Å². The van der Waals surface area contributed by atoms with Crippen molar-refractivity contribution >= 4 is 5.91 Å². The minimum atomic E-state index is -0.713. The number of hydrogen-bond donors (Lipinski definition) is 3. The fourth-order valence-electron chi connectivity index (χ4n) is 2.04. The van der Waals surface area contributed by atoms with Crippen LogP contribution in [0.5, 0.6) is 0 Å². The molecule has 4 heteroatoms. The van der Waals surface area contributed by atoms with Crippen LogP contribution >= 0.6 is 0 Å². The topological polar surface area (TPSA) is 75.4 Å². The Morgan fingerprint density at radius 3 is 2.62 bits per heavy atom. The summed E-state index contributed by atoms with van der Waals surface area (Å²) in [7, 11) is 0. The van der Waals surface area contributed by atoms with Crippen LogP contribution in [-0.4, -0.2) is 29.2 Å². The van der Waals surface area contributed by atoms with E-state index in [1.807, 2.05) is 6.92 Å². The van der Waals surface area contributed by atoms with Crippen molar-refractivity contribution in [2.75, 3.05) is 6.54 Å². The van der Waals surface area contributed by atoms with E-state index in [4.69, 9.17) is 5.73 Å². The minimum Gasteiger partial charge on any atom is -0.388 e. The minimum absolute atomic E-state index is 0.158. The SMILES string of the molecule is CC[C@@H](N)C(=O)NCC1(O)CCC(C)CC1. The standard InChI is InChI=1S/C12H24N2O2/c1-3-10(13)11(15)14-8-12(16)6-4-9(2)5-7-12/h9-10,16H,3-8,13H2,1-2H3,(H,14,15)/t9?,10-,12?/m1/s1. The van der Waals surface area contributed by atoms with Gasteiger partial charge in [-0.05, 0) is 38.0 Å². The smallest absolute Gasteiger partial charge is 0.237 e. The van der Waals surface area contributed by atoms with Gasteiger partial charge in [-0.15, -0.1) is 0 Å². The van der Waals surface area contributed by atoms with Crippen LogP contribution in [-0.2, 0) is 4.79 Å². The molecule has 0 unspecified atom stereocenters. The maximum atomic E-state index is 11.5. The molecule has 4 nitrogen and oxygen atoms in total. The molecule has 1 saturated carbocycles. The molecule has 1 rings (SSSR count). The summed E-state index contributed by atoms with van der Waals surface area (Å²) in [6.07, 6.45) is 4.24. The third kappa shape index (κ3) is 3.76. The van der Waals surface area contributed by atoms with Crippen LogP contribution in [0.2, 0.25) is 0 Å². The van der Waals surface area contributed by atoms with Crippen LogP contribution < -0.4 is 11.1 Å². The Hall–Kier alpha value is -0.610. The van der Waals surface area contributed by atoms with Crippen LogP contribution in [0.25, 0.3) is 0 Å². The molecule has 0 aliphatic heterocycles. The van der Waals surface area contributed by atoms with Crippen LogP contribution in [0, 0.1) is 5.92 Å². The molecule has 1 amide bonds. The maximum absolute atomic E-state index is 11.5. The first-order valence-electron chi connectivity index (χ1n) is 6.22. The molecule has 0 aromatic carbocycles. The molecule has 1 aliphatic rings. The zero-order valence-electron chi connectivity index (χ0n) is 10.3. The Kier molecular flexibility index (Phi) is 4.74. The molecular formula is C12H24N2O2. The van der Waals surface area contributed by atoms with E-state index in [0.29, 0.717) is 18.9 Å². The van der Waals surface area contributed by atoms with Gasteiger partial charge in [-0.2, -0.15) is 0 Å². The monoisotopic (exact) mass is 228 g/mol. The summed E-state index contributed by atoms with van der Waals surface area (Å²) < 4.78 is 0. The van der Waals surface area contributed by atoms with E-state index in [-0.39, 0.29) is 5.91 Å². The van der Waals surface area contributed by atoms with E-state index < -0.39 is 11.6 Å². The number of hydrogen-bond acceptors (Lipinski definition) is 3. The molecule has 0 saturated heterocycles. The summed E-state index contributed by atoms with van der Waals surface area (Å²) in [6.45, 7) is 4.42. The molecular weight excluding hydrogens is 204 g/mol. The first kappa shape index (κ1) is 13.5. The first-order chi connectivity index (χ1) is 7.47. The highest BCUT2D eigenvalue weighted by atomic mass is 16.3. The van der Waals surface area contributed by atoms with Crippen LogP contribution in [0.15, 0.2) is 0 Å². The molecule has 0 aromatic heterocycles. The van der Waals surface area contributed by atoms with Crippen LogP contribution in [0.1, 0.15) is 46.0 Å². The Bertz CT molecular complexity index is 235. The van der Waals surface area contributed by atoms with Crippen LogP contribution in [0.4, 0.5) is 0 Å². The molecule has 94 valence electrons. The highest BCUT2D eigenvalue weighted by Gasteiger charge is 2.32. The van der Waals surface area contributed by atoms with Gasteiger partial charge >= 0.3 is 0 Å².